The van der Waals surface area contributed by atoms with E-state index in [-0.39, 0.29) is 11.4 Å². The van der Waals surface area contributed by atoms with Gasteiger partial charge in [-0.05, 0) is 46.3 Å². The zero-order valence-electron chi connectivity index (χ0n) is 11.5. The van der Waals surface area contributed by atoms with Crippen LogP contribution in [0.5, 0.6) is 11.5 Å². The minimum Gasteiger partial charge on any atom is -0.496 e. The summed E-state index contributed by atoms with van der Waals surface area (Å²) in [5.74, 6) is 0.0325. The molecule has 1 N–H and O–H groups in total. The lowest BCUT2D eigenvalue weighted by Gasteiger charge is -2.12. The monoisotopic (exact) mass is 371 g/mol. The second-order valence-corrected chi connectivity index (χ2v) is 5.03. The van der Waals surface area contributed by atoms with Crippen molar-refractivity contribution in [2.75, 3.05) is 12.4 Å². The van der Waals surface area contributed by atoms with Gasteiger partial charge in [-0.3, -0.25) is 4.79 Å². The standard InChI is InChI=1S/C15H12BrF2NO3/c1-21-12-7-6-9(8-10(12)16)14(20)19-11-4-2-3-5-13(11)22-15(17)18/h2-8,15H,1H3,(H,19,20). The lowest BCUT2D eigenvalue weighted by Crippen LogP contribution is -2.14. The molecule has 2 aromatic rings. The van der Waals surface area contributed by atoms with Crippen molar-refractivity contribution >= 4 is 27.5 Å². The van der Waals surface area contributed by atoms with E-state index in [1.165, 1.54) is 25.3 Å². The summed E-state index contributed by atoms with van der Waals surface area (Å²) in [6.45, 7) is -2.96. The normalized spacial score (nSPS) is 10.4. The molecule has 0 aliphatic heterocycles. The number of anilines is 1. The number of alkyl halides is 2. The van der Waals surface area contributed by atoms with Crippen LogP contribution in [-0.2, 0) is 0 Å². The van der Waals surface area contributed by atoms with E-state index < -0.39 is 12.5 Å². The fourth-order valence-electron chi connectivity index (χ4n) is 1.77. The third kappa shape index (κ3) is 3.94. The van der Waals surface area contributed by atoms with Gasteiger partial charge in [0, 0.05) is 5.56 Å². The molecule has 0 aromatic heterocycles. The molecule has 4 nitrogen and oxygen atoms in total. The molecule has 116 valence electrons. The number of carbonyl (C=O) groups is 1. The van der Waals surface area contributed by atoms with E-state index in [4.69, 9.17) is 4.74 Å². The van der Waals surface area contributed by atoms with Crippen molar-refractivity contribution in [1.29, 1.82) is 0 Å². The number of amides is 1. The molecule has 0 unspecified atom stereocenters. The largest absolute Gasteiger partial charge is 0.496 e. The number of hydrogen-bond donors (Lipinski definition) is 1. The van der Waals surface area contributed by atoms with Crippen molar-refractivity contribution in [2.45, 2.75) is 6.61 Å². The Morgan fingerprint density at radius 2 is 1.91 bits per heavy atom. The van der Waals surface area contributed by atoms with E-state index >= 15 is 0 Å². The molecule has 0 radical (unpaired) electrons. The molecule has 0 spiro atoms. The minimum atomic E-state index is -2.96. The molecule has 1 amide bonds. The topological polar surface area (TPSA) is 47.6 Å². The van der Waals surface area contributed by atoms with Gasteiger partial charge < -0.3 is 14.8 Å². The van der Waals surface area contributed by atoms with Gasteiger partial charge in [0.05, 0.1) is 17.3 Å². The molecule has 0 aliphatic carbocycles. The second kappa shape index (κ2) is 7.22. The lowest BCUT2D eigenvalue weighted by atomic mass is 10.2. The Hall–Kier alpha value is -2.15. The van der Waals surface area contributed by atoms with Crippen LogP contribution in [0.2, 0.25) is 0 Å². The van der Waals surface area contributed by atoms with Gasteiger partial charge in [-0.2, -0.15) is 8.78 Å². The van der Waals surface area contributed by atoms with Crippen LogP contribution in [0.15, 0.2) is 46.9 Å². The number of carbonyl (C=O) groups excluding carboxylic acids is 1. The summed E-state index contributed by atoms with van der Waals surface area (Å²) >= 11 is 3.28. The van der Waals surface area contributed by atoms with Crippen LogP contribution >= 0.6 is 15.9 Å². The van der Waals surface area contributed by atoms with Crippen molar-refractivity contribution in [1.82, 2.24) is 0 Å². The molecule has 0 saturated heterocycles. The molecule has 7 heteroatoms. The van der Waals surface area contributed by atoms with E-state index in [1.807, 2.05) is 0 Å². The van der Waals surface area contributed by atoms with Crippen LogP contribution in [0.1, 0.15) is 10.4 Å². The number of benzene rings is 2. The van der Waals surface area contributed by atoms with Gasteiger partial charge in [-0.25, -0.2) is 0 Å². The smallest absolute Gasteiger partial charge is 0.387 e. The van der Waals surface area contributed by atoms with E-state index in [1.54, 1.807) is 24.3 Å². The Morgan fingerprint density at radius 1 is 1.18 bits per heavy atom. The summed E-state index contributed by atoms with van der Waals surface area (Å²) in [6, 6.07) is 10.7. The maximum Gasteiger partial charge on any atom is 0.387 e. The summed E-state index contributed by atoms with van der Waals surface area (Å²) in [5.41, 5.74) is 0.513. The Balaban J connectivity index is 2.20. The van der Waals surface area contributed by atoms with Crippen LogP contribution in [0.4, 0.5) is 14.5 Å². The average molecular weight is 372 g/mol. The van der Waals surface area contributed by atoms with E-state index in [0.29, 0.717) is 15.8 Å². The first-order valence-electron chi connectivity index (χ1n) is 6.20. The summed E-state index contributed by atoms with van der Waals surface area (Å²) in [6.07, 6.45) is 0. The van der Waals surface area contributed by atoms with Crippen molar-refractivity contribution in [3.63, 3.8) is 0 Å². The molecule has 0 aliphatic rings. The predicted octanol–water partition coefficient (Wildman–Crippen LogP) is 4.31. The van der Waals surface area contributed by atoms with Crippen LogP contribution < -0.4 is 14.8 Å². The fourth-order valence-corrected chi connectivity index (χ4v) is 2.31. The predicted molar refractivity (Wildman–Crippen MR) is 81.7 cm³/mol. The second-order valence-electron chi connectivity index (χ2n) is 4.18. The van der Waals surface area contributed by atoms with Crippen LogP contribution in [0.25, 0.3) is 0 Å². The van der Waals surface area contributed by atoms with E-state index in [0.717, 1.165) is 0 Å². The summed E-state index contributed by atoms with van der Waals surface area (Å²) in [4.78, 5) is 12.2. The molecule has 2 aromatic carbocycles. The third-order valence-electron chi connectivity index (χ3n) is 2.77. The quantitative estimate of drug-likeness (QED) is 0.851. The molecular weight excluding hydrogens is 360 g/mol. The van der Waals surface area contributed by atoms with Gasteiger partial charge in [-0.1, -0.05) is 12.1 Å². The maximum absolute atomic E-state index is 12.3. The molecule has 0 fully saturated rings. The van der Waals surface area contributed by atoms with Crippen LogP contribution in [-0.4, -0.2) is 19.6 Å². The molecule has 0 saturated carbocycles. The van der Waals surface area contributed by atoms with Crippen LogP contribution in [0.3, 0.4) is 0 Å². The Morgan fingerprint density at radius 3 is 2.55 bits per heavy atom. The average Bonchev–Trinajstić information content (AvgIpc) is 2.48. The lowest BCUT2D eigenvalue weighted by molar-refractivity contribution is -0.0493. The van der Waals surface area contributed by atoms with Gasteiger partial charge in [0.2, 0.25) is 0 Å². The first-order chi connectivity index (χ1) is 10.5. The highest BCUT2D eigenvalue weighted by atomic mass is 79.9. The number of ether oxygens (including phenoxy) is 2. The summed E-state index contributed by atoms with van der Waals surface area (Å²) in [7, 11) is 1.51. The highest BCUT2D eigenvalue weighted by Crippen LogP contribution is 2.28. The fraction of sp³-hybridized carbons (Fsp3) is 0.133. The zero-order valence-corrected chi connectivity index (χ0v) is 13.1. The molecule has 0 heterocycles. The molecule has 0 bridgehead atoms. The zero-order chi connectivity index (χ0) is 16.1. The summed E-state index contributed by atoms with van der Waals surface area (Å²) in [5, 5.41) is 2.54. The number of rotatable bonds is 5. The molecule has 2 rings (SSSR count). The van der Waals surface area contributed by atoms with Gasteiger partial charge in [0.1, 0.15) is 11.5 Å². The van der Waals surface area contributed by atoms with Crippen molar-refractivity contribution in [3.8, 4) is 11.5 Å². The van der Waals surface area contributed by atoms with E-state index in [9.17, 15) is 13.6 Å². The van der Waals surface area contributed by atoms with Gasteiger partial charge in [0.25, 0.3) is 5.91 Å². The number of methoxy groups -OCH3 is 1. The minimum absolute atomic E-state index is 0.0987. The highest BCUT2D eigenvalue weighted by Gasteiger charge is 2.13. The Bertz CT molecular complexity index is 680. The highest BCUT2D eigenvalue weighted by molar-refractivity contribution is 9.10. The van der Waals surface area contributed by atoms with Crippen LogP contribution in [0, 0.1) is 0 Å². The summed E-state index contributed by atoms with van der Waals surface area (Å²) < 4.78 is 34.7. The molecular formula is C15H12BrF2NO3. The van der Waals surface area contributed by atoms with Crippen molar-refractivity contribution in [3.05, 3.63) is 52.5 Å². The maximum atomic E-state index is 12.3. The molecule has 22 heavy (non-hydrogen) atoms. The van der Waals surface area contributed by atoms with Crippen molar-refractivity contribution < 1.29 is 23.0 Å². The first kappa shape index (κ1) is 16.2. The van der Waals surface area contributed by atoms with Gasteiger partial charge in [0.15, 0.2) is 0 Å². The third-order valence-corrected chi connectivity index (χ3v) is 3.39. The SMILES string of the molecule is COc1ccc(C(=O)Nc2ccccc2OC(F)F)cc1Br. The van der Waals surface area contributed by atoms with Gasteiger partial charge in [-0.15, -0.1) is 0 Å². The molecule has 0 atom stereocenters. The van der Waals surface area contributed by atoms with Crippen molar-refractivity contribution in [2.24, 2.45) is 0 Å². The number of nitrogens with one attached hydrogen (secondary N) is 1. The van der Waals surface area contributed by atoms with Gasteiger partial charge >= 0.3 is 6.61 Å². The number of halogens is 3. The number of para-hydroxylation sites is 2. The Kier molecular flexibility index (Phi) is 5.32. The van der Waals surface area contributed by atoms with E-state index in [2.05, 4.69) is 26.0 Å². The Labute approximate surface area is 134 Å². The first-order valence-corrected chi connectivity index (χ1v) is 6.99. The number of hydrogen-bond acceptors (Lipinski definition) is 3.